The summed E-state index contributed by atoms with van der Waals surface area (Å²) in [6.07, 6.45) is 4.56. The van der Waals surface area contributed by atoms with Crippen molar-refractivity contribution in [3.05, 3.63) is 53.6 Å². The molecule has 1 N–H and O–H groups in total. The van der Waals surface area contributed by atoms with Crippen molar-refractivity contribution in [3.63, 3.8) is 0 Å². The first-order valence-corrected chi connectivity index (χ1v) is 8.48. The van der Waals surface area contributed by atoms with Crippen LogP contribution in [0, 0.1) is 6.92 Å². The lowest BCUT2D eigenvalue weighted by Gasteiger charge is -2.11. The topological polar surface area (TPSA) is 55.1 Å². The van der Waals surface area contributed by atoms with Gasteiger partial charge in [0.2, 0.25) is 0 Å². The smallest absolute Gasteiger partial charge is 0.251 e. The van der Waals surface area contributed by atoms with Crippen LogP contribution in [0.4, 0.5) is 0 Å². The molecule has 0 aliphatic heterocycles. The third kappa shape index (κ3) is 2.80. The van der Waals surface area contributed by atoms with E-state index in [4.69, 9.17) is 4.52 Å². The number of amides is 1. The summed E-state index contributed by atoms with van der Waals surface area (Å²) in [7, 11) is 0. The third-order valence-corrected chi connectivity index (χ3v) is 4.74. The quantitative estimate of drug-likeness (QED) is 0.774. The highest BCUT2D eigenvalue weighted by Crippen LogP contribution is 2.29. The third-order valence-electron chi connectivity index (χ3n) is 4.74. The predicted molar refractivity (Wildman–Crippen MR) is 93.9 cm³/mol. The first-order valence-electron chi connectivity index (χ1n) is 8.48. The minimum Gasteiger partial charge on any atom is -0.355 e. The average molecular weight is 320 g/mol. The van der Waals surface area contributed by atoms with Gasteiger partial charge in [-0.15, -0.1) is 0 Å². The fourth-order valence-corrected chi connectivity index (χ4v) is 3.33. The zero-order chi connectivity index (χ0) is 16.5. The van der Waals surface area contributed by atoms with Crippen molar-refractivity contribution in [3.8, 4) is 11.3 Å². The van der Waals surface area contributed by atoms with Gasteiger partial charge in [-0.25, -0.2) is 0 Å². The number of aryl methyl sites for hydroxylation is 1. The molecule has 1 fully saturated rings. The number of rotatable bonds is 3. The van der Waals surface area contributed by atoms with Crippen LogP contribution in [-0.2, 0) is 0 Å². The molecule has 0 saturated heterocycles. The van der Waals surface area contributed by atoms with E-state index in [1.807, 2.05) is 49.4 Å². The molecule has 1 aliphatic carbocycles. The van der Waals surface area contributed by atoms with Crippen LogP contribution in [0.3, 0.4) is 0 Å². The molecule has 3 aromatic rings. The molecule has 1 aromatic heterocycles. The Morgan fingerprint density at radius 3 is 2.62 bits per heavy atom. The minimum absolute atomic E-state index is 0.0140. The molecule has 1 heterocycles. The van der Waals surface area contributed by atoms with Crippen molar-refractivity contribution in [2.24, 2.45) is 0 Å². The number of nitrogens with zero attached hydrogens (tertiary/aromatic N) is 1. The van der Waals surface area contributed by atoms with Crippen LogP contribution in [0.2, 0.25) is 0 Å². The first kappa shape index (κ1) is 14.9. The summed E-state index contributed by atoms with van der Waals surface area (Å²) in [5.41, 5.74) is 3.59. The Labute approximate surface area is 140 Å². The van der Waals surface area contributed by atoms with Crippen LogP contribution in [0.25, 0.3) is 22.2 Å². The molecule has 0 unspecified atom stereocenters. The lowest BCUT2D eigenvalue weighted by molar-refractivity contribution is 0.0938. The molecule has 24 heavy (non-hydrogen) atoms. The lowest BCUT2D eigenvalue weighted by atomic mass is 10.0. The van der Waals surface area contributed by atoms with Gasteiger partial charge in [-0.3, -0.25) is 4.79 Å². The SMILES string of the molecule is Cc1ccc(-c2onc3ccc(C(=O)NC4CCCC4)cc23)cc1. The molecule has 4 nitrogen and oxygen atoms in total. The van der Waals surface area contributed by atoms with Crippen molar-refractivity contribution in [2.45, 2.75) is 38.6 Å². The largest absolute Gasteiger partial charge is 0.355 e. The summed E-state index contributed by atoms with van der Waals surface area (Å²) in [4.78, 5) is 12.5. The summed E-state index contributed by atoms with van der Waals surface area (Å²) >= 11 is 0. The Hall–Kier alpha value is -2.62. The number of aromatic nitrogens is 1. The monoisotopic (exact) mass is 320 g/mol. The molecular formula is C20H20N2O2. The second-order valence-corrected chi connectivity index (χ2v) is 6.56. The van der Waals surface area contributed by atoms with Crippen molar-refractivity contribution in [1.29, 1.82) is 0 Å². The maximum atomic E-state index is 12.5. The van der Waals surface area contributed by atoms with Crippen molar-refractivity contribution in [1.82, 2.24) is 10.5 Å². The maximum Gasteiger partial charge on any atom is 0.251 e. The number of hydrogen-bond donors (Lipinski definition) is 1. The number of nitrogens with one attached hydrogen (secondary N) is 1. The van der Waals surface area contributed by atoms with E-state index in [0.29, 0.717) is 17.4 Å². The fourth-order valence-electron chi connectivity index (χ4n) is 3.33. The highest BCUT2D eigenvalue weighted by molar-refractivity contribution is 6.01. The second kappa shape index (κ2) is 6.11. The summed E-state index contributed by atoms with van der Waals surface area (Å²) in [5, 5.41) is 8.12. The molecule has 0 bridgehead atoms. The zero-order valence-corrected chi connectivity index (χ0v) is 13.7. The number of carbonyl (C=O) groups is 1. The van der Waals surface area contributed by atoms with Crippen LogP contribution < -0.4 is 5.32 Å². The van der Waals surface area contributed by atoms with Crippen LogP contribution in [-0.4, -0.2) is 17.1 Å². The van der Waals surface area contributed by atoms with Crippen molar-refractivity contribution >= 4 is 16.8 Å². The van der Waals surface area contributed by atoms with Gasteiger partial charge in [0.05, 0.1) is 5.39 Å². The molecule has 0 atom stereocenters. The van der Waals surface area contributed by atoms with E-state index in [2.05, 4.69) is 10.5 Å². The van der Waals surface area contributed by atoms with E-state index < -0.39 is 0 Å². The Morgan fingerprint density at radius 2 is 1.88 bits per heavy atom. The van der Waals surface area contributed by atoms with Gasteiger partial charge in [0, 0.05) is 17.2 Å². The van der Waals surface area contributed by atoms with Gasteiger partial charge in [0.25, 0.3) is 5.91 Å². The first-order chi connectivity index (χ1) is 11.7. The zero-order valence-electron chi connectivity index (χ0n) is 13.7. The fraction of sp³-hybridized carbons (Fsp3) is 0.300. The van der Waals surface area contributed by atoms with E-state index >= 15 is 0 Å². The predicted octanol–water partition coefficient (Wildman–Crippen LogP) is 4.48. The van der Waals surface area contributed by atoms with E-state index in [9.17, 15) is 4.79 Å². The van der Waals surface area contributed by atoms with Gasteiger partial charge < -0.3 is 9.84 Å². The van der Waals surface area contributed by atoms with Crippen molar-refractivity contribution < 1.29 is 9.32 Å². The normalized spacial score (nSPS) is 15.0. The minimum atomic E-state index is -0.0140. The highest BCUT2D eigenvalue weighted by atomic mass is 16.5. The summed E-state index contributed by atoms with van der Waals surface area (Å²) in [6.45, 7) is 2.05. The van der Waals surface area contributed by atoms with E-state index in [1.165, 1.54) is 18.4 Å². The van der Waals surface area contributed by atoms with Crippen LogP contribution in [0.1, 0.15) is 41.6 Å². The Balaban J connectivity index is 1.67. The van der Waals surface area contributed by atoms with Gasteiger partial charge in [0.1, 0.15) is 5.52 Å². The van der Waals surface area contributed by atoms with E-state index in [1.54, 1.807) is 0 Å². The number of fused-ring (bicyclic) bond motifs is 1. The van der Waals surface area contributed by atoms with Crippen LogP contribution in [0.5, 0.6) is 0 Å². The lowest BCUT2D eigenvalue weighted by Crippen LogP contribution is -2.32. The molecule has 0 spiro atoms. The van der Waals surface area contributed by atoms with Gasteiger partial charge >= 0.3 is 0 Å². The summed E-state index contributed by atoms with van der Waals surface area (Å²) in [5.74, 6) is 0.695. The molecule has 2 aromatic carbocycles. The Morgan fingerprint density at radius 1 is 1.12 bits per heavy atom. The standard InChI is InChI=1S/C20H20N2O2/c1-13-6-8-14(9-7-13)19-17-12-15(10-11-18(17)22-24-19)20(23)21-16-4-2-3-5-16/h6-12,16H,2-5H2,1H3,(H,21,23). The number of carbonyl (C=O) groups excluding carboxylic acids is 1. The Bertz CT molecular complexity index is 874. The molecule has 1 amide bonds. The number of benzene rings is 2. The second-order valence-electron chi connectivity index (χ2n) is 6.56. The van der Waals surface area contributed by atoms with E-state index in [0.717, 1.165) is 29.3 Å². The molecule has 4 heteroatoms. The highest BCUT2D eigenvalue weighted by Gasteiger charge is 2.19. The molecular weight excluding hydrogens is 300 g/mol. The van der Waals surface area contributed by atoms with Gasteiger partial charge in [-0.05, 0) is 38.0 Å². The summed E-state index contributed by atoms with van der Waals surface area (Å²) < 4.78 is 5.53. The van der Waals surface area contributed by atoms with Crippen LogP contribution in [0.15, 0.2) is 47.0 Å². The molecule has 4 rings (SSSR count). The Kier molecular flexibility index (Phi) is 3.81. The van der Waals surface area contributed by atoms with Gasteiger partial charge in [0.15, 0.2) is 5.76 Å². The summed E-state index contributed by atoms with van der Waals surface area (Å²) in [6, 6.07) is 14.0. The van der Waals surface area contributed by atoms with Gasteiger partial charge in [-0.1, -0.05) is 47.8 Å². The maximum absolute atomic E-state index is 12.5. The molecule has 1 saturated carbocycles. The van der Waals surface area contributed by atoms with Crippen molar-refractivity contribution in [2.75, 3.05) is 0 Å². The van der Waals surface area contributed by atoms with E-state index in [-0.39, 0.29) is 5.91 Å². The molecule has 0 radical (unpaired) electrons. The molecule has 122 valence electrons. The van der Waals surface area contributed by atoms with Crippen LogP contribution >= 0.6 is 0 Å². The van der Waals surface area contributed by atoms with Gasteiger partial charge in [-0.2, -0.15) is 0 Å². The molecule has 1 aliphatic rings. The number of hydrogen-bond acceptors (Lipinski definition) is 3. The average Bonchev–Trinajstić information content (AvgIpc) is 3.24.